The Hall–Kier alpha value is -7.52. The lowest BCUT2D eigenvalue weighted by molar-refractivity contribution is 1.07. The molecule has 0 bridgehead atoms. The molecule has 0 atom stereocenters. The van der Waals surface area contributed by atoms with Crippen LogP contribution in [0.3, 0.4) is 0 Å². The third kappa shape index (κ3) is 7.36. The maximum Gasteiger partial charge on any atom is 0.164 e. The van der Waals surface area contributed by atoms with Gasteiger partial charge in [0.25, 0.3) is 0 Å². The molecule has 1 aliphatic heterocycles. The lowest BCUT2D eigenvalue weighted by atomic mass is 9.96. The van der Waals surface area contributed by atoms with Crippen molar-refractivity contribution in [3.8, 4) is 90.6 Å². The molecule has 1 aliphatic rings. The summed E-state index contributed by atoms with van der Waals surface area (Å²) >= 11 is 3.63. The Bertz CT molecular complexity index is 3110. The zero-order chi connectivity index (χ0) is 41.2. The molecule has 0 radical (unpaired) electrons. The number of aromatic nitrogens is 6. The Labute approximate surface area is 368 Å². The predicted molar refractivity (Wildman–Crippen MR) is 251 cm³/mol. The molecule has 62 heavy (non-hydrogen) atoms. The lowest BCUT2D eigenvalue weighted by Gasteiger charge is -2.24. The second-order valence-electron chi connectivity index (χ2n) is 14.7. The summed E-state index contributed by atoms with van der Waals surface area (Å²) in [5.41, 5.74) is 9.78. The van der Waals surface area contributed by atoms with Gasteiger partial charge in [-0.1, -0.05) is 212 Å². The first-order valence-corrected chi connectivity index (χ1v) is 21.9. The maximum atomic E-state index is 5.26. The van der Waals surface area contributed by atoms with E-state index in [1.54, 1.807) is 0 Å². The molecule has 0 spiro atoms. The van der Waals surface area contributed by atoms with Crippen LogP contribution in [0.5, 0.6) is 0 Å². The van der Waals surface area contributed by atoms with Crippen LogP contribution in [0.1, 0.15) is 0 Å². The Balaban J connectivity index is 1.13. The summed E-state index contributed by atoms with van der Waals surface area (Å²) in [6.07, 6.45) is 0. The third-order valence-corrected chi connectivity index (χ3v) is 13.3. The van der Waals surface area contributed by atoms with Gasteiger partial charge in [-0.15, -0.1) is 0 Å². The number of fused-ring (bicyclic) bond motifs is 2. The number of hydrogen-bond acceptors (Lipinski definition) is 8. The van der Waals surface area contributed by atoms with Gasteiger partial charge in [-0.3, -0.25) is 0 Å². The molecule has 8 aromatic carbocycles. The molecule has 11 rings (SSSR count). The van der Waals surface area contributed by atoms with Gasteiger partial charge in [-0.2, -0.15) is 0 Å². The van der Waals surface area contributed by atoms with Crippen LogP contribution < -0.4 is 0 Å². The van der Waals surface area contributed by atoms with E-state index >= 15 is 0 Å². The minimum absolute atomic E-state index is 0.549. The molecule has 0 amide bonds. The van der Waals surface area contributed by atoms with Crippen molar-refractivity contribution in [1.29, 1.82) is 0 Å². The monoisotopic (exact) mass is 830 g/mol. The van der Waals surface area contributed by atoms with Gasteiger partial charge < -0.3 is 0 Å². The number of rotatable bonds is 8. The van der Waals surface area contributed by atoms with Crippen molar-refractivity contribution in [2.24, 2.45) is 0 Å². The van der Waals surface area contributed by atoms with Crippen LogP contribution in [0.25, 0.3) is 90.6 Å². The first kappa shape index (κ1) is 37.5. The van der Waals surface area contributed by atoms with Gasteiger partial charge in [0.2, 0.25) is 0 Å². The van der Waals surface area contributed by atoms with Crippen molar-refractivity contribution >= 4 is 23.5 Å². The Morgan fingerprint density at radius 1 is 0.226 bits per heavy atom. The zero-order valence-electron chi connectivity index (χ0n) is 33.1. The second kappa shape index (κ2) is 16.5. The maximum absolute atomic E-state index is 5.26. The van der Waals surface area contributed by atoms with Crippen LogP contribution in [0.2, 0.25) is 0 Å². The van der Waals surface area contributed by atoms with Gasteiger partial charge >= 0.3 is 0 Å². The fourth-order valence-corrected chi connectivity index (χ4v) is 10.2. The van der Waals surface area contributed by atoms with E-state index in [4.69, 9.17) is 29.9 Å². The molecular weight excluding hydrogens is 797 g/mol. The van der Waals surface area contributed by atoms with Gasteiger partial charge in [-0.05, 0) is 40.5 Å². The molecule has 2 aromatic heterocycles. The average Bonchev–Trinajstić information content (AvgIpc) is 3.36. The molecule has 292 valence electrons. The topological polar surface area (TPSA) is 77.3 Å². The highest BCUT2D eigenvalue weighted by molar-refractivity contribution is 8.05. The highest BCUT2D eigenvalue weighted by Crippen LogP contribution is 2.55. The minimum atomic E-state index is 0.549. The van der Waals surface area contributed by atoms with E-state index in [0.29, 0.717) is 34.9 Å². The van der Waals surface area contributed by atoms with Crippen molar-refractivity contribution in [3.05, 3.63) is 206 Å². The molecule has 8 heteroatoms. The van der Waals surface area contributed by atoms with Crippen LogP contribution in [0, 0.1) is 0 Å². The van der Waals surface area contributed by atoms with E-state index in [0.717, 1.165) is 44.5 Å². The normalized spacial score (nSPS) is 11.7. The van der Waals surface area contributed by atoms with E-state index in [2.05, 4.69) is 84.9 Å². The zero-order valence-corrected chi connectivity index (χ0v) is 34.8. The molecule has 0 saturated carbocycles. The van der Waals surface area contributed by atoms with E-state index in [-0.39, 0.29) is 0 Å². The quantitative estimate of drug-likeness (QED) is 0.150. The molecule has 0 N–H and O–H groups in total. The molecule has 10 aromatic rings. The van der Waals surface area contributed by atoms with Crippen molar-refractivity contribution in [3.63, 3.8) is 0 Å². The Kier molecular flexibility index (Phi) is 9.97. The Morgan fingerprint density at radius 2 is 0.581 bits per heavy atom. The average molecular weight is 831 g/mol. The van der Waals surface area contributed by atoms with Gasteiger partial charge in [0.1, 0.15) is 0 Å². The van der Waals surface area contributed by atoms with Gasteiger partial charge in [0.05, 0.1) is 0 Å². The minimum Gasteiger partial charge on any atom is -0.208 e. The van der Waals surface area contributed by atoms with E-state index < -0.39 is 0 Å². The molecule has 0 aliphatic carbocycles. The van der Waals surface area contributed by atoms with E-state index in [9.17, 15) is 0 Å². The fraction of sp³-hybridized carbons (Fsp3) is 0. The first-order valence-electron chi connectivity index (χ1n) is 20.3. The summed E-state index contributed by atoms with van der Waals surface area (Å²) in [6, 6.07) is 70.5. The summed E-state index contributed by atoms with van der Waals surface area (Å²) < 4.78 is 0. The summed E-state index contributed by atoms with van der Waals surface area (Å²) in [7, 11) is 0. The SMILES string of the molecule is c1ccc(-c2nc(-c3ccccc3)nc(-c3ccc(-c4cccc5c4Sc4cccc(-c6ccccc6)c4S5)c(-c4nc(-c5ccccc5)nc(-c5ccccc5)n4)c3)n2)cc1. The van der Waals surface area contributed by atoms with Crippen LogP contribution in [0.4, 0.5) is 0 Å². The summed E-state index contributed by atoms with van der Waals surface area (Å²) in [5.74, 6) is 3.47. The standard InChI is InChI=1S/C54H34N6S2/c1-6-18-35(19-7-1)41-28-16-30-45-47(41)61-46-31-17-29-43(48(46)62-45)42-33-32-40(53-57-49(36-20-8-2-9-21-36)55-50(58-53)37-22-10-3-11-23-37)34-44(42)54-59-51(38-24-12-4-13-25-38)56-52(60-54)39-26-14-5-15-27-39/h1-34H. The lowest BCUT2D eigenvalue weighted by Crippen LogP contribution is -2.03. The molecule has 0 saturated heterocycles. The summed E-state index contributed by atoms with van der Waals surface area (Å²) in [6.45, 7) is 0. The Morgan fingerprint density at radius 3 is 1.02 bits per heavy atom. The molecular formula is C54H34N6S2. The largest absolute Gasteiger partial charge is 0.208 e. The molecule has 0 fully saturated rings. The van der Waals surface area contributed by atoms with E-state index in [1.165, 1.54) is 30.7 Å². The van der Waals surface area contributed by atoms with Crippen molar-refractivity contribution in [2.45, 2.75) is 19.6 Å². The molecule has 6 nitrogen and oxygen atoms in total. The number of nitrogens with zero attached hydrogens (tertiary/aromatic N) is 6. The predicted octanol–water partition coefficient (Wildman–Crippen LogP) is 14.0. The summed E-state index contributed by atoms with van der Waals surface area (Å²) in [4.78, 5) is 35.6. The first-order chi connectivity index (χ1) is 30.7. The highest BCUT2D eigenvalue weighted by Gasteiger charge is 2.26. The van der Waals surface area contributed by atoms with Crippen molar-refractivity contribution in [1.82, 2.24) is 29.9 Å². The fourth-order valence-electron chi connectivity index (χ4n) is 7.65. The number of hydrogen-bond donors (Lipinski definition) is 0. The van der Waals surface area contributed by atoms with Crippen LogP contribution in [-0.2, 0) is 0 Å². The van der Waals surface area contributed by atoms with Crippen molar-refractivity contribution in [2.75, 3.05) is 0 Å². The molecule has 3 heterocycles. The van der Waals surface area contributed by atoms with Crippen LogP contribution in [-0.4, -0.2) is 29.9 Å². The highest BCUT2D eigenvalue weighted by atomic mass is 32.2. The third-order valence-electron chi connectivity index (χ3n) is 10.7. The summed E-state index contributed by atoms with van der Waals surface area (Å²) in [5, 5.41) is 0. The van der Waals surface area contributed by atoms with Gasteiger partial charge in [0.15, 0.2) is 34.9 Å². The van der Waals surface area contributed by atoms with Crippen LogP contribution in [0.15, 0.2) is 226 Å². The smallest absolute Gasteiger partial charge is 0.164 e. The van der Waals surface area contributed by atoms with Crippen molar-refractivity contribution < 1.29 is 0 Å². The number of benzene rings is 8. The van der Waals surface area contributed by atoms with Gasteiger partial charge in [0, 0.05) is 53.0 Å². The van der Waals surface area contributed by atoms with Crippen LogP contribution >= 0.6 is 23.5 Å². The van der Waals surface area contributed by atoms with Gasteiger partial charge in [-0.25, -0.2) is 29.9 Å². The molecule has 0 unspecified atom stereocenters. The van der Waals surface area contributed by atoms with E-state index in [1.807, 2.05) is 145 Å². The second-order valence-corrected chi connectivity index (χ2v) is 16.8.